The molecule has 1 fully saturated rings. The van der Waals surface area contributed by atoms with E-state index in [1.165, 1.54) is 0 Å². The first-order chi connectivity index (χ1) is 12.0. The van der Waals surface area contributed by atoms with Crippen molar-refractivity contribution in [3.05, 3.63) is 58.7 Å². The number of nitrogens with zero attached hydrogens (tertiary/aromatic N) is 3. The summed E-state index contributed by atoms with van der Waals surface area (Å²) >= 11 is 5.86. The van der Waals surface area contributed by atoms with Crippen LogP contribution in [0.4, 0.5) is 5.82 Å². The number of rotatable bonds is 4. The van der Waals surface area contributed by atoms with Crippen molar-refractivity contribution < 1.29 is 14.7 Å². The Morgan fingerprint density at radius 3 is 2.40 bits per heavy atom. The van der Waals surface area contributed by atoms with Crippen LogP contribution in [0.3, 0.4) is 0 Å². The number of anilines is 1. The molecule has 2 heterocycles. The molecule has 0 atom stereocenters. The van der Waals surface area contributed by atoms with Crippen LogP contribution in [0.15, 0.2) is 42.6 Å². The standard InChI is InChI=1S/C18H18ClN3O3/c19-14-5-3-13(4-6-14)12-16(23)21-8-10-22(11-9-21)17-15(18(24)25)2-1-7-20-17/h1-7H,8-12H2,(H,24,25). The van der Waals surface area contributed by atoms with Crippen molar-refractivity contribution in [2.45, 2.75) is 6.42 Å². The molecule has 130 valence electrons. The first kappa shape index (κ1) is 17.2. The monoisotopic (exact) mass is 359 g/mol. The summed E-state index contributed by atoms with van der Waals surface area (Å²) in [5, 5.41) is 9.93. The van der Waals surface area contributed by atoms with Crippen LogP contribution in [-0.4, -0.2) is 53.0 Å². The highest BCUT2D eigenvalue weighted by molar-refractivity contribution is 6.30. The zero-order chi connectivity index (χ0) is 17.8. The number of aromatic nitrogens is 1. The van der Waals surface area contributed by atoms with Gasteiger partial charge in [-0.15, -0.1) is 0 Å². The Morgan fingerprint density at radius 2 is 1.76 bits per heavy atom. The van der Waals surface area contributed by atoms with Gasteiger partial charge >= 0.3 is 5.97 Å². The van der Waals surface area contributed by atoms with E-state index < -0.39 is 5.97 Å². The number of carboxylic acids is 1. The van der Waals surface area contributed by atoms with Crippen molar-refractivity contribution in [2.24, 2.45) is 0 Å². The molecule has 0 radical (unpaired) electrons. The van der Waals surface area contributed by atoms with Gasteiger partial charge in [0.2, 0.25) is 5.91 Å². The van der Waals surface area contributed by atoms with E-state index in [9.17, 15) is 14.7 Å². The third-order valence-electron chi connectivity index (χ3n) is 4.22. The minimum Gasteiger partial charge on any atom is -0.478 e. The van der Waals surface area contributed by atoms with E-state index in [0.29, 0.717) is 43.4 Å². The molecule has 6 nitrogen and oxygen atoms in total. The Morgan fingerprint density at radius 1 is 1.08 bits per heavy atom. The predicted molar refractivity (Wildman–Crippen MR) is 95.1 cm³/mol. The van der Waals surface area contributed by atoms with Gasteiger partial charge in [0.25, 0.3) is 0 Å². The van der Waals surface area contributed by atoms with Crippen LogP contribution in [0.5, 0.6) is 0 Å². The van der Waals surface area contributed by atoms with Crippen LogP contribution in [0.25, 0.3) is 0 Å². The molecule has 25 heavy (non-hydrogen) atoms. The molecule has 1 N–H and O–H groups in total. The Hall–Kier alpha value is -2.60. The number of hydrogen-bond donors (Lipinski definition) is 1. The third-order valence-corrected chi connectivity index (χ3v) is 4.47. The summed E-state index contributed by atoms with van der Waals surface area (Å²) in [6, 6.07) is 10.4. The number of carbonyl (C=O) groups is 2. The molecular formula is C18H18ClN3O3. The Kier molecular flexibility index (Phi) is 5.19. The van der Waals surface area contributed by atoms with Gasteiger partial charge in [-0.05, 0) is 29.8 Å². The summed E-state index contributed by atoms with van der Waals surface area (Å²) < 4.78 is 0. The summed E-state index contributed by atoms with van der Waals surface area (Å²) in [5.74, 6) is -0.481. The van der Waals surface area contributed by atoms with Crippen molar-refractivity contribution in [3.63, 3.8) is 0 Å². The summed E-state index contributed by atoms with van der Waals surface area (Å²) in [6.45, 7) is 2.21. The Balaban J connectivity index is 1.61. The highest BCUT2D eigenvalue weighted by Gasteiger charge is 2.24. The molecule has 3 rings (SSSR count). The molecule has 1 amide bonds. The Labute approximate surface area is 150 Å². The van der Waals surface area contributed by atoms with Crippen molar-refractivity contribution in [2.75, 3.05) is 31.1 Å². The van der Waals surface area contributed by atoms with Crippen LogP contribution in [0.1, 0.15) is 15.9 Å². The fourth-order valence-corrected chi connectivity index (χ4v) is 3.00. The third kappa shape index (κ3) is 4.09. The number of carboxylic acid groups (broad SMARTS) is 1. The molecule has 0 spiro atoms. The van der Waals surface area contributed by atoms with Crippen molar-refractivity contribution in [3.8, 4) is 0 Å². The van der Waals surface area contributed by atoms with Crippen molar-refractivity contribution >= 4 is 29.3 Å². The zero-order valence-electron chi connectivity index (χ0n) is 13.6. The van der Waals surface area contributed by atoms with Crippen LogP contribution in [0.2, 0.25) is 5.02 Å². The average Bonchev–Trinajstić information content (AvgIpc) is 2.63. The van der Waals surface area contributed by atoms with Crippen LogP contribution in [0, 0.1) is 0 Å². The lowest BCUT2D eigenvalue weighted by Gasteiger charge is -2.36. The van der Waals surface area contributed by atoms with Gasteiger partial charge < -0.3 is 14.9 Å². The maximum Gasteiger partial charge on any atom is 0.339 e. The van der Waals surface area contributed by atoms with Crippen LogP contribution in [-0.2, 0) is 11.2 Å². The molecule has 1 aliphatic heterocycles. The van der Waals surface area contributed by atoms with E-state index >= 15 is 0 Å². The summed E-state index contributed by atoms with van der Waals surface area (Å²) in [4.78, 5) is 31.7. The second kappa shape index (κ2) is 7.53. The van der Waals surface area contributed by atoms with Gasteiger partial charge in [0, 0.05) is 37.4 Å². The molecule has 0 bridgehead atoms. The Bertz CT molecular complexity index is 771. The van der Waals surface area contributed by atoms with Gasteiger partial charge in [0.15, 0.2) is 0 Å². The zero-order valence-corrected chi connectivity index (χ0v) is 14.3. The highest BCUT2D eigenvalue weighted by Crippen LogP contribution is 2.19. The number of pyridine rings is 1. The lowest BCUT2D eigenvalue weighted by molar-refractivity contribution is -0.130. The minimum atomic E-state index is -0.996. The summed E-state index contributed by atoms with van der Waals surface area (Å²) in [6.07, 6.45) is 1.92. The van der Waals surface area contributed by atoms with E-state index in [1.807, 2.05) is 17.0 Å². The van der Waals surface area contributed by atoms with E-state index in [4.69, 9.17) is 11.6 Å². The molecule has 1 aliphatic rings. The molecule has 0 aliphatic carbocycles. The summed E-state index contributed by atoms with van der Waals surface area (Å²) in [5.41, 5.74) is 1.11. The van der Waals surface area contributed by atoms with Crippen LogP contribution >= 0.6 is 11.6 Å². The van der Waals surface area contributed by atoms with Gasteiger partial charge in [0.05, 0.1) is 6.42 Å². The molecule has 0 saturated carbocycles. The van der Waals surface area contributed by atoms with Crippen LogP contribution < -0.4 is 4.90 Å². The topological polar surface area (TPSA) is 73.7 Å². The second-order valence-corrected chi connectivity index (χ2v) is 6.29. The molecular weight excluding hydrogens is 342 g/mol. The maximum absolute atomic E-state index is 12.4. The van der Waals surface area contributed by atoms with E-state index in [-0.39, 0.29) is 11.5 Å². The fraction of sp³-hybridized carbons (Fsp3) is 0.278. The normalized spacial score (nSPS) is 14.4. The minimum absolute atomic E-state index is 0.0569. The second-order valence-electron chi connectivity index (χ2n) is 5.85. The smallest absolute Gasteiger partial charge is 0.339 e. The van der Waals surface area contributed by atoms with E-state index in [0.717, 1.165) is 5.56 Å². The van der Waals surface area contributed by atoms with E-state index in [1.54, 1.807) is 35.4 Å². The lowest BCUT2D eigenvalue weighted by Crippen LogP contribution is -2.49. The van der Waals surface area contributed by atoms with Crippen molar-refractivity contribution in [1.29, 1.82) is 0 Å². The summed E-state index contributed by atoms with van der Waals surface area (Å²) in [7, 11) is 0. The number of halogens is 1. The number of amides is 1. The lowest BCUT2D eigenvalue weighted by atomic mass is 10.1. The number of hydrogen-bond acceptors (Lipinski definition) is 4. The SMILES string of the molecule is O=C(O)c1cccnc1N1CCN(C(=O)Cc2ccc(Cl)cc2)CC1. The maximum atomic E-state index is 12.4. The van der Waals surface area contributed by atoms with Gasteiger partial charge in [-0.3, -0.25) is 4.79 Å². The molecule has 1 aromatic carbocycles. The highest BCUT2D eigenvalue weighted by atomic mass is 35.5. The number of aromatic carboxylic acids is 1. The number of piperazine rings is 1. The molecule has 0 unspecified atom stereocenters. The molecule has 7 heteroatoms. The van der Waals surface area contributed by atoms with Gasteiger partial charge in [-0.25, -0.2) is 9.78 Å². The van der Waals surface area contributed by atoms with Gasteiger partial charge in [-0.1, -0.05) is 23.7 Å². The first-order valence-electron chi connectivity index (χ1n) is 8.00. The number of carbonyl (C=O) groups excluding carboxylic acids is 1. The quantitative estimate of drug-likeness (QED) is 0.906. The molecule has 1 saturated heterocycles. The van der Waals surface area contributed by atoms with E-state index in [2.05, 4.69) is 4.98 Å². The molecule has 1 aromatic heterocycles. The average molecular weight is 360 g/mol. The van der Waals surface area contributed by atoms with Gasteiger partial charge in [-0.2, -0.15) is 0 Å². The number of benzene rings is 1. The first-order valence-corrected chi connectivity index (χ1v) is 8.38. The predicted octanol–water partition coefficient (Wildman–Crippen LogP) is 2.32. The van der Waals surface area contributed by atoms with Gasteiger partial charge in [0.1, 0.15) is 11.4 Å². The molecule has 2 aromatic rings. The fourth-order valence-electron chi connectivity index (χ4n) is 2.87. The largest absolute Gasteiger partial charge is 0.478 e. The van der Waals surface area contributed by atoms with Crippen molar-refractivity contribution in [1.82, 2.24) is 9.88 Å².